The molecule has 7 nitrogen and oxygen atoms in total. The monoisotopic (exact) mass is 410 g/mol. The van der Waals surface area contributed by atoms with Crippen LogP contribution in [-0.4, -0.2) is 73.3 Å². The number of nitrogens with zero attached hydrogens (tertiary/aromatic N) is 2. The fraction of sp³-hybridized carbons (Fsp3) is 0.550. The first-order valence-electron chi connectivity index (χ1n) is 9.90. The SMILES string of the molecule is CCNC(=O)CN1CCCN(C(=O)CCCNC(=O)c2ccc(F)cc2F)CC1. The Morgan fingerprint density at radius 1 is 1.07 bits per heavy atom. The van der Waals surface area contributed by atoms with Crippen molar-refractivity contribution in [2.45, 2.75) is 26.2 Å². The van der Waals surface area contributed by atoms with E-state index >= 15 is 0 Å². The topological polar surface area (TPSA) is 81.8 Å². The largest absolute Gasteiger partial charge is 0.355 e. The van der Waals surface area contributed by atoms with Crippen LogP contribution in [0, 0.1) is 11.6 Å². The fourth-order valence-corrected chi connectivity index (χ4v) is 3.20. The van der Waals surface area contributed by atoms with Crippen molar-refractivity contribution in [1.82, 2.24) is 20.4 Å². The average molecular weight is 410 g/mol. The fourth-order valence-electron chi connectivity index (χ4n) is 3.20. The molecule has 1 heterocycles. The van der Waals surface area contributed by atoms with Crippen LogP contribution in [0.4, 0.5) is 8.78 Å². The molecule has 160 valence electrons. The first-order valence-corrected chi connectivity index (χ1v) is 9.90. The summed E-state index contributed by atoms with van der Waals surface area (Å²) in [7, 11) is 0. The Hall–Kier alpha value is -2.55. The molecule has 29 heavy (non-hydrogen) atoms. The third kappa shape index (κ3) is 7.41. The second kappa shape index (κ2) is 11.5. The van der Waals surface area contributed by atoms with Crippen LogP contribution < -0.4 is 10.6 Å². The average Bonchev–Trinajstić information content (AvgIpc) is 2.90. The van der Waals surface area contributed by atoms with Crippen LogP contribution in [0.2, 0.25) is 0 Å². The number of hydrogen-bond donors (Lipinski definition) is 2. The van der Waals surface area contributed by atoms with E-state index in [0.29, 0.717) is 45.2 Å². The molecule has 0 bridgehead atoms. The number of nitrogens with one attached hydrogen (secondary N) is 2. The molecule has 1 aromatic carbocycles. The molecule has 2 rings (SSSR count). The molecule has 0 unspecified atom stereocenters. The number of halogens is 2. The van der Waals surface area contributed by atoms with E-state index in [9.17, 15) is 23.2 Å². The molecule has 3 amide bonds. The first-order chi connectivity index (χ1) is 13.9. The van der Waals surface area contributed by atoms with Gasteiger partial charge in [-0.15, -0.1) is 0 Å². The summed E-state index contributed by atoms with van der Waals surface area (Å²) in [6, 6.07) is 2.78. The highest BCUT2D eigenvalue weighted by Gasteiger charge is 2.20. The van der Waals surface area contributed by atoms with Crippen LogP contribution in [0.5, 0.6) is 0 Å². The smallest absolute Gasteiger partial charge is 0.254 e. The molecule has 1 aromatic rings. The maximum Gasteiger partial charge on any atom is 0.254 e. The van der Waals surface area contributed by atoms with Crippen LogP contribution in [0.15, 0.2) is 18.2 Å². The first kappa shape index (κ1) is 22.7. The molecule has 1 aliphatic rings. The highest BCUT2D eigenvalue weighted by Crippen LogP contribution is 2.10. The van der Waals surface area contributed by atoms with E-state index in [1.807, 2.05) is 11.8 Å². The van der Waals surface area contributed by atoms with Crippen molar-refractivity contribution < 1.29 is 23.2 Å². The van der Waals surface area contributed by atoms with Crippen molar-refractivity contribution in [3.8, 4) is 0 Å². The number of rotatable bonds is 8. The molecule has 0 spiro atoms. The molecule has 0 aromatic heterocycles. The highest BCUT2D eigenvalue weighted by atomic mass is 19.1. The zero-order valence-electron chi connectivity index (χ0n) is 16.7. The zero-order chi connectivity index (χ0) is 21.2. The summed E-state index contributed by atoms with van der Waals surface area (Å²) in [6.45, 7) is 5.63. The van der Waals surface area contributed by atoms with Gasteiger partial charge >= 0.3 is 0 Å². The molecule has 1 aliphatic heterocycles. The Balaban J connectivity index is 1.69. The summed E-state index contributed by atoms with van der Waals surface area (Å²) >= 11 is 0. The summed E-state index contributed by atoms with van der Waals surface area (Å²) in [4.78, 5) is 39.8. The predicted octanol–water partition coefficient (Wildman–Crippen LogP) is 1.15. The summed E-state index contributed by atoms with van der Waals surface area (Å²) in [5, 5.41) is 5.32. The second-order valence-electron chi connectivity index (χ2n) is 6.95. The van der Waals surface area contributed by atoms with Gasteiger partial charge in [0.25, 0.3) is 5.91 Å². The van der Waals surface area contributed by atoms with Crippen LogP contribution in [-0.2, 0) is 9.59 Å². The van der Waals surface area contributed by atoms with Gasteiger partial charge in [0.05, 0.1) is 12.1 Å². The van der Waals surface area contributed by atoms with Crippen LogP contribution >= 0.6 is 0 Å². The summed E-state index contributed by atoms with van der Waals surface area (Å²) in [5.74, 6) is -2.31. The lowest BCUT2D eigenvalue weighted by Gasteiger charge is -2.21. The van der Waals surface area contributed by atoms with Crippen LogP contribution in [0.25, 0.3) is 0 Å². The lowest BCUT2D eigenvalue weighted by molar-refractivity contribution is -0.131. The number of carbonyl (C=O) groups is 3. The Kier molecular flexibility index (Phi) is 8.98. The number of hydrogen-bond acceptors (Lipinski definition) is 4. The van der Waals surface area contributed by atoms with Crippen molar-refractivity contribution in [2.24, 2.45) is 0 Å². The molecular weight excluding hydrogens is 382 g/mol. The van der Waals surface area contributed by atoms with Gasteiger partial charge in [-0.25, -0.2) is 8.78 Å². The van der Waals surface area contributed by atoms with Crippen LogP contribution in [0.3, 0.4) is 0 Å². The van der Waals surface area contributed by atoms with Crippen molar-refractivity contribution in [1.29, 1.82) is 0 Å². The summed E-state index contributed by atoms with van der Waals surface area (Å²) < 4.78 is 26.5. The molecule has 0 atom stereocenters. The normalized spacial score (nSPS) is 14.9. The molecule has 2 N–H and O–H groups in total. The molecule has 1 saturated heterocycles. The minimum Gasteiger partial charge on any atom is -0.355 e. The van der Waals surface area contributed by atoms with Crippen molar-refractivity contribution in [2.75, 3.05) is 45.8 Å². The van der Waals surface area contributed by atoms with E-state index in [2.05, 4.69) is 10.6 Å². The lowest BCUT2D eigenvalue weighted by Crippen LogP contribution is -2.40. The van der Waals surface area contributed by atoms with Crippen LogP contribution in [0.1, 0.15) is 36.5 Å². The molecule has 0 aliphatic carbocycles. The van der Waals surface area contributed by atoms with E-state index in [4.69, 9.17) is 0 Å². The van der Waals surface area contributed by atoms with Gasteiger partial charge in [0.1, 0.15) is 11.6 Å². The van der Waals surface area contributed by atoms with Gasteiger partial charge in [-0.2, -0.15) is 0 Å². The van der Waals surface area contributed by atoms with E-state index in [0.717, 1.165) is 25.1 Å². The van der Waals surface area contributed by atoms with Gasteiger partial charge in [-0.05, 0) is 31.9 Å². The molecule has 1 fully saturated rings. The highest BCUT2D eigenvalue weighted by molar-refractivity contribution is 5.94. The zero-order valence-corrected chi connectivity index (χ0v) is 16.7. The number of amides is 3. The molecule has 9 heteroatoms. The predicted molar refractivity (Wildman–Crippen MR) is 104 cm³/mol. The van der Waals surface area contributed by atoms with Crippen molar-refractivity contribution in [3.63, 3.8) is 0 Å². The Bertz CT molecular complexity index is 730. The van der Waals surface area contributed by atoms with Crippen molar-refractivity contribution in [3.05, 3.63) is 35.4 Å². The van der Waals surface area contributed by atoms with E-state index in [1.165, 1.54) is 0 Å². The van der Waals surface area contributed by atoms with E-state index < -0.39 is 17.5 Å². The number of carbonyl (C=O) groups excluding carboxylic acids is 3. The van der Waals surface area contributed by atoms with Gasteiger partial charge < -0.3 is 15.5 Å². The minimum atomic E-state index is -0.916. The Morgan fingerprint density at radius 3 is 2.59 bits per heavy atom. The quantitative estimate of drug-likeness (QED) is 0.630. The summed E-state index contributed by atoms with van der Waals surface area (Å²) in [6.07, 6.45) is 1.49. The third-order valence-corrected chi connectivity index (χ3v) is 4.71. The molecule has 0 radical (unpaired) electrons. The molecule has 0 saturated carbocycles. The van der Waals surface area contributed by atoms with Gasteiger partial charge in [0, 0.05) is 51.8 Å². The second-order valence-corrected chi connectivity index (χ2v) is 6.95. The number of benzene rings is 1. The Labute approximate surface area is 169 Å². The third-order valence-electron chi connectivity index (χ3n) is 4.71. The van der Waals surface area contributed by atoms with Gasteiger partial charge in [0.15, 0.2) is 0 Å². The lowest BCUT2D eigenvalue weighted by atomic mass is 10.2. The maximum atomic E-state index is 13.6. The maximum absolute atomic E-state index is 13.6. The Morgan fingerprint density at radius 2 is 1.86 bits per heavy atom. The van der Waals surface area contributed by atoms with Gasteiger partial charge in [-0.1, -0.05) is 0 Å². The molecular formula is C20H28F2N4O3. The van der Waals surface area contributed by atoms with Gasteiger partial charge in [0.2, 0.25) is 11.8 Å². The van der Waals surface area contributed by atoms with Crippen molar-refractivity contribution >= 4 is 17.7 Å². The van der Waals surface area contributed by atoms with E-state index in [1.54, 1.807) is 4.90 Å². The summed E-state index contributed by atoms with van der Waals surface area (Å²) in [5.41, 5.74) is -0.225. The van der Waals surface area contributed by atoms with Gasteiger partial charge in [-0.3, -0.25) is 19.3 Å². The standard InChI is InChI=1S/C20H28F2N4O3/c1-2-23-18(27)14-25-9-4-10-26(12-11-25)19(28)5-3-8-24-20(29)16-7-6-15(21)13-17(16)22/h6-7,13H,2-5,8-12,14H2,1H3,(H,23,27)(H,24,29). The minimum absolute atomic E-state index is 0.00734. The number of likely N-dealkylation sites (N-methyl/N-ethyl adjacent to an activating group) is 1. The van der Waals surface area contributed by atoms with E-state index in [-0.39, 0.29) is 30.3 Å².